The van der Waals surface area contributed by atoms with E-state index in [-0.39, 0.29) is 11.5 Å². The molecule has 1 aromatic heterocycles. The average molecular weight is 312 g/mol. The van der Waals surface area contributed by atoms with Crippen LogP contribution in [0.3, 0.4) is 0 Å². The second kappa shape index (κ2) is 5.15. The molecule has 0 saturated carbocycles. The summed E-state index contributed by atoms with van der Waals surface area (Å²) in [5.74, 6) is -0.252. The number of benzene rings is 1. The molecule has 9 heteroatoms. The lowest BCUT2D eigenvalue weighted by molar-refractivity contribution is 0.207. The van der Waals surface area contributed by atoms with Gasteiger partial charge in [-0.15, -0.1) is 5.10 Å². The van der Waals surface area contributed by atoms with E-state index in [9.17, 15) is 13.5 Å². The highest BCUT2D eigenvalue weighted by atomic mass is 32.2. The summed E-state index contributed by atoms with van der Waals surface area (Å²) in [4.78, 5) is 0. The minimum atomic E-state index is -3.17. The van der Waals surface area contributed by atoms with Crippen molar-refractivity contribution in [3.63, 3.8) is 0 Å². The Kier molecular flexibility index (Phi) is 3.48. The molecule has 1 N–H and O–H groups in total. The summed E-state index contributed by atoms with van der Waals surface area (Å²) in [5, 5.41) is 21.2. The lowest BCUT2D eigenvalue weighted by atomic mass is 10.3. The maximum atomic E-state index is 11.5. The molecule has 0 aliphatic carbocycles. The van der Waals surface area contributed by atoms with Crippen LogP contribution in [0, 0.1) is 0 Å². The second-order valence-corrected chi connectivity index (χ2v) is 7.87. The topological polar surface area (TPSA) is 98.0 Å². The number of aliphatic hydroxyl groups is 1. The van der Waals surface area contributed by atoms with Gasteiger partial charge in [0.25, 0.3) is 0 Å². The van der Waals surface area contributed by atoms with Crippen LogP contribution in [0.4, 0.5) is 0 Å². The molecule has 1 aliphatic heterocycles. The quantitative estimate of drug-likeness (QED) is 0.846. The van der Waals surface area contributed by atoms with Crippen LogP contribution in [0.5, 0.6) is 0 Å². The van der Waals surface area contributed by atoms with Gasteiger partial charge in [-0.3, -0.25) is 0 Å². The van der Waals surface area contributed by atoms with Gasteiger partial charge in [-0.05, 0) is 22.6 Å². The monoisotopic (exact) mass is 312 g/mol. The molecular weight excluding hydrogens is 300 g/mol. The third kappa shape index (κ3) is 2.69. The largest absolute Gasteiger partial charge is 0.391 e. The van der Waals surface area contributed by atoms with E-state index in [1.807, 2.05) is 30.3 Å². The molecule has 2 aromatic rings. The van der Waals surface area contributed by atoms with E-state index < -0.39 is 21.2 Å². The van der Waals surface area contributed by atoms with E-state index in [0.717, 1.165) is 5.69 Å². The standard InChI is InChI=1S/C11H12N4O3S2/c16-9-6-20(17,18)7-10(9)19-11-12-13-14-15(11)8-4-2-1-3-5-8/h1-5,9-10,16H,6-7H2/t9-,10+/m1/s1. The van der Waals surface area contributed by atoms with Crippen LogP contribution in [0.25, 0.3) is 5.69 Å². The molecule has 0 spiro atoms. The van der Waals surface area contributed by atoms with E-state index in [1.165, 1.54) is 16.4 Å². The Bertz CT molecular complexity index is 701. The fourth-order valence-electron chi connectivity index (χ4n) is 2.03. The summed E-state index contributed by atoms with van der Waals surface area (Å²) >= 11 is 1.19. The van der Waals surface area contributed by atoms with E-state index in [2.05, 4.69) is 15.5 Å². The van der Waals surface area contributed by atoms with Crippen molar-refractivity contribution in [2.24, 2.45) is 0 Å². The Balaban J connectivity index is 1.85. The summed E-state index contributed by atoms with van der Waals surface area (Å²) in [6.45, 7) is 0. The molecule has 0 bridgehead atoms. The molecule has 1 aliphatic rings. The normalized spacial score (nSPS) is 24.9. The van der Waals surface area contributed by atoms with Crippen LogP contribution in [-0.4, -0.2) is 56.6 Å². The molecule has 106 valence electrons. The first-order valence-electron chi connectivity index (χ1n) is 5.94. The van der Waals surface area contributed by atoms with Gasteiger partial charge < -0.3 is 5.11 Å². The lowest BCUT2D eigenvalue weighted by Gasteiger charge is -2.11. The molecular formula is C11H12N4O3S2. The van der Waals surface area contributed by atoms with Crippen molar-refractivity contribution in [1.29, 1.82) is 0 Å². The SMILES string of the molecule is O=S1(=O)C[C@@H](O)[C@@H](Sc2nnnn2-c2ccccc2)C1. The number of para-hydroxylation sites is 1. The molecule has 7 nitrogen and oxygen atoms in total. The van der Waals surface area contributed by atoms with Gasteiger partial charge in [-0.25, -0.2) is 8.42 Å². The molecule has 3 rings (SSSR count). The van der Waals surface area contributed by atoms with Crippen molar-refractivity contribution in [2.75, 3.05) is 11.5 Å². The van der Waals surface area contributed by atoms with Gasteiger partial charge >= 0.3 is 0 Å². The first-order valence-corrected chi connectivity index (χ1v) is 8.64. The van der Waals surface area contributed by atoms with E-state index in [0.29, 0.717) is 5.16 Å². The first kappa shape index (κ1) is 13.5. The number of hydrogen-bond donors (Lipinski definition) is 1. The molecule has 0 unspecified atom stereocenters. The second-order valence-electron chi connectivity index (χ2n) is 4.51. The van der Waals surface area contributed by atoms with Crippen LogP contribution >= 0.6 is 11.8 Å². The summed E-state index contributed by atoms with van der Waals surface area (Å²) in [5.41, 5.74) is 0.787. The van der Waals surface area contributed by atoms with Crippen LogP contribution in [0.15, 0.2) is 35.5 Å². The molecule has 1 fully saturated rings. The summed E-state index contributed by atoms with van der Waals surface area (Å²) in [6, 6.07) is 9.30. The third-order valence-electron chi connectivity index (χ3n) is 2.97. The first-order chi connectivity index (χ1) is 9.55. The van der Waals surface area contributed by atoms with Gasteiger partial charge in [0, 0.05) is 0 Å². The zero-order valence-corrected chi connectivity index (χ0v) is 12.0. The number of sulfone groups is 1. The number of aromatic nitrogens is 4. The number of aliphatic hydroxyl groups excluding tert-OH is 1. The lowest BCUT2D eigenvalue weighted by Crippen LogP contribution is -2.20. The Hall–Kier alpha value is -1.45. The fraction of sp³-hybridized carbons (Fsp3) is 0.364. The predicted octanol–water partition coefficient (Wildman–Crippen LogP) is -0.0877. The van der Waals surface area contributed by atoms with E-state index >= 15 is 0 Å². The zero-order chi connectivity index (χ0) is 14.2. The molecule has 1 aromatic carbocycles. The maximum absolute atomic E-state index is 11.5. The van der Waals surface area contributed by atoms with Crippen molar-refractivity contribution in [3.05, 3.63) is 30.3 Å². The van der Waals surface area contributed by atoms with Gasteiger partial charge in [-0.1, -0.05) is 30.0 Å². The van der Waals surface area contributed by atoms with Crippen LogP contribution < -0.4 is 0 Å². The minimum Gasteiger partial charge on any atom is -0.391 e. The molecule has 0 radical (unpaired) electrons. The molecule has 2 heterocycles. The zero-order valence-electron chi connectivity index (χ0n) is 10.3. The smallest absolute Gasteiger partial charge is 0.214 e. The number of thioether (sulfide) groups is 1. The van der Waals surface area contributed by atoms with Gasteiger partial charge in [0.1, 0.15) is 0 Å². The van der Waals surface area contributed by atoms with Crippen molar-refractivity contribution >= 4 is 21.6 Å². The number of nitrogens with zero attached hydrogens (tertiary/aromatic N) is 4. The number of tetrazole rings is 1. The van der Waals surface area contributed by atoms with Gasteiger partial charge in [0.05, 0.1) is 28.5 Å². The third-order valence-corrected chi connectivity index (χ3v) is 6.15. The van der Waals surface area contributed by atoms with Gasteiger partial charge in [0.15, 0.2) is 9.84 Å². The summed E-state index contributed by atoms with van der Waals surface area (Å²) < 4.78 is 24.5. The maximum Gasteiger partial charge on any atom is 0.214 e. The minimum absolute atomic E-state index is 0.0551. The average Bonchev–Trinajstić information content (AvgIpc) is 2.95. The van der Waals surface area contributed by atoms with Gasteiger partial charge in [0.2, 0.25) is 5.16 Å². The number of hydrogen-bond acceptors (Lipinski definition) is 7. The Morgan fingerprint density at radius 1 is 1.25 bits per heavy atom. The number of rotatable bonds is 3. The molecule has 2 atom stereocenters. The molecule has 20 heavy (non-hydrogen) atoms. The van der Waals surface area contributed by atoms with Crippen molar-refractivity contribution in [1.82, 2.24) is 20.2 Å². The van der Waals surface area contributed by atoms with Crippen molar-refractivity contribution < 1.29 is 13.5 Å². The predicted molar refractivity (Wildman–Crippen MR) is 73.5 cm³/mol. The molecule has 1 saturated heterocycles. The highest BCUT2D eigenvalue weighted by molar-refractivity contribution is 8.01. The highest BCUT2D eigenvalue weighted by Gasteiger charge is 2.38. The van der Waals surface area contributed by atoms with Crippen LogP contribution in [-0.2, 0) is 9.84 Å². The molecule has 0 amide bonds. The highest BCUT2D eigenvalue weighted by Crippen LogP contribution is 2.30. The summed E-state index contributed by atoms with van der Waals surface area (Å²) in [6.07, 6.45) is -0.883. The Labute approximate surface area is 119 Å². The Morgan fingerprint density at radius 3 is 2.65 bits per heavy atom. The van der Waals surface area contributed by atoms with Crippen molar-refractivity contribution in [3.8, 4) is 5.69 Å². The summed E-state index contributed by atoms with van der Waals surface area (Å²) in [7, 11) is -3.17. The Morgan fingerprint density at radius 2 is 2.00 bits per heavy atom. The van der Waals surface area contributed by atoms with Crippen LogP contribution in [0.2, 0.25) is 0 Å². The fourth-order valence-corrected chi connectivity index (χ4v) is 5.51. The van der Waals surface area contributed by atoms with Gasteiger partial charge in [-0.2, -0.15) is 4.68 Å². The van der Waals surface area contributed by atoms with E-state index in [4.69, 9.17) is 0 Å². The van der Waals surface area contributed by atoms with Crippen LogP contribution in [0.1, 0.15) is 0 Å². The van der Waals surface area contributed by atoms with E-state index in [1.54, 1.807) is 0 Å². The van der Waals surface area contributed by atoms with Crippen molar-refractivity contribution in [2.45, 2.75) is 16.5 Å².